The van der Waals surface area contributed by atoms with Gasteiger partial charge in [-0.1, -0.05) is 6.92 Å². The van der Waals surface area contributed by atoms with Gasteiger partial charge in [0, 0.05) is 49.7 Å². The van der Waals surface area contributed by atoms with Crippen molar-refractivity contribution in [3.8, 4) is 0 Å². The van der Waals surface area contributed by atoms with Gasteiger partial charge in [-0.25, -0.2) is 19.1 Å². The zero-order valence-corrected chi connectivity index (χ0v) is 10.4. The largest absolute Gasteiger partial charge is 0.358 e. The third-order valence-corrected chi connectivity index (χ3v) is 0. The maximum absolute atomic E-state index is 3.44. The molecule has 0 bridgehead atoms. The number of hydrogen-bond donors (Lipinski definition) is 0. The van der Waals surface area contributed by atoms with Crippen molar-refractivity contribution in [2.45, 2.75) is 6.92 Å². The van der Waals surface area contributed by atoms with Crippen molar-refractivity contribution in [2.75, 3.05) is 0 Å². The first kappa shape index (κ1) is 24.0. The molecule has 0 spiro atoms. The summed E-state index contributed by atoms with van der Waals surface area (Å²) in [4.78, 5) is 0. The summed E-state index contributed by atoms with van der Waals surface area (Å²) in [5.74, 6) is 0. The van der Waals surface area contributed by atoms with Crippen LogP contribution in [0.3, 0.4) is 0 Å². The Labute approximate surface area is 82.4 Å². The third kappa shape index (κ3) is 128. The number of hydrogen-bond acceptors (Lipinski definition) is 0. The van der Waals surface area contributed by atoms with E-state index >= 15 is 0 Å². The monoisotopic (exact) mass is 359 g/mol. The molecule has 2 heteroatoms. The summed E-state index contributed by atoms with van der Waals surface area (Å²) in [5, 5.41) is 0. The molecule has 7 heavy (non-hydrogen) atoms. The minimum absolute atomic E-state index is 0. The summed E-state index contributed by atoms with van der Waals surface area (Å²) < 4.78 is 0. The van der Waals surface area contributed by atoms with Gasteiger partial charge >= 0.3 is 0 Å². The molecule has 0 heterocycles. The van der Waals surface area contributed by atoms with E-state index in [1.165, 1.54) is 0 Å². The summed E-state index contributed by atoms with van der Waals surface area (Å²) >= 11 is 0. The number of rotatable bonds is 0. The van der Waals surface area contributed by atoms with Crippen molar-refractivity contribution in [3.63, 3.8) is 0 Å². The fraction of sp³-hybridized carbons (Fsp3) is 0.200. The van der Waals surface area contributed by atoms with Crippen LogP contribution in [0.5, 0.6) is 0 Å². The second-order valence-electron chi connectivity index (χ2n) is 0.957. The van der Waals surface area contributed by atoms with Gasteiger partial charge < -0.3 is 7.43 Å². The van der Waals surface area contributed by atoms with Crippen molar-refractivity contribution in [2.24, 2.45) is 0 Å². The van der Waals surface area contributed by atoms with Crippen LogP contribution in [-0.4, -0.2) is 0 Å². The van der Waals surface area contributed by atoms with Gasteiger partial charge in [-0.3, -0.25) is 0 Å². The van der Waals surface area contributed by atoms with Gasteiger partial charge in [0.25, 0.3) is 0 Å². The molecule has 0 fully saturated rings. The summed E-state index contributed by atoms with van der Waals surface area (Å²) in [6, 6.07) is 0. The van der Waals surface area contributed by atoms with Gasteiger partial charge in [-0.15, -0.1) is 0 Å². The molecule has 41 valence electrons. The van der Waals surface area contributed by atoms with E-state index in [4.69, 9.17) is 0 Å². The molecule has 0 unspecified atom stereocenters. The SMILES string of the molecule is C=C([CH2-])C.[CH3-].[U].[V]. The van der Waals surface area contributed by atoms with E-state index < -0.39 is 0 Å². The van der Waals surface area contributed by atoms with E-state index in [-0.39, 0.29) is 57.1 Å². The predicted octanol–water partition coefficient (Wildman–Crippen LogP) is 1.84. The normalized spacial score (nSPS) is 3.57. The Balaban J connectivity index is -0.0000000150. The van der Waals surface area contributed by atoms with Crippen molar-refractivity contribution in [3.05, 3.63) is 26.5 Å². The first-order chi connectivity index (χ1) is 1.73. The summed E-state index contributed by atoms with van der Waals surface area (Å²) in [6.45, 7) is 8.75. The zero-order chi connectivity index (χ0) is 3.58. The van der Waals surface area contributed by atoms with Crippen LogP contribution in [0.15, 0.2) is 12.2 Å². The molecule has 0 atom stereocenters. The van der Waals surface area contributed by atoms with E-state index in [1.807, 2.05) is 6.92 Å². The van der Waals surface area contributed by atoms with Crippen LogP contribution in [0.25, 0.3) is 0 Å². The molecule has 0 aliphatic rings. The minimum Gasteiger partial charge on any atom is -0.358 e. The molecule has 0 aromatic heterocycles. The Kier molecular flexibility index (Phi) is 53.8. The van der Waals surface area contributed by atoms with Crippen LogP contribution < -0.4 is 0 Å². The molecule has 0 aliphatic heterocycles. The smallest absolute Gasteiger partial charge is 0 e. The zero-order valence-electron chi connectivity index (χ0n) is 4.86. The molecule has 0 amide bonds. The minimum atomic E-state index is 0. The van der Waals surface area contributed by atoms with E-state index in [9.17, 15) is 0 Å². The van der Waals surface area contributed by atoms with Gasteiger partial charge in [0.1, 0.15) is 0 Å². The molecule has 0 rings (SSSR count). The maximum Gasteiger partial charge on any atom is 0 e. The van der Waals surface area contributed by atoms with E-state index in [0.29, 0.717) is 0 Å². The summed E-state index contributed by atoms with van der Waals surface area (Å²) in [6.07, 6.45) is 0. The van der Waals surface area contributed by atoms with Crippen LogP contribution in [0.4, 0.5) is 0 Å². The standard InChI is InChI=1S/C4H7.CH3.U.V/c1-4(2)3;;;/h1-2H2,3H3;1H3;;/q2*-1;;. The average molecular weight is 359 g/mol. The molecule has 0 N–H and O–H groups in total. The van der Waals surface area contributed by atoms with Crippen molar-refractivity contribution >= 4 is 0 Å². The molecular weight excluding hydrogens is 349 g/mol. The van der Waals surface area contributed by atoms with Crippen molar-refractivity contribution < 1.29 is 49.7 Å². The second-order valence-corrected chi connectivity index (χ2v) is 0.957. The molecule has 0 nitrogen and oxygen atoms in total. The van der Waals surface area contributed by atoms with Gasteiger partial charge in [0.15, 0.2) is 0 Å². The van der Waals surface area contributed by atoms with Gasteiger partial charge in [-0.2, -0.15) is 0 Å². The van der Waals surface area contributed by atoms with E-state index in [0.717, 1.165) is 5.57 Å². The quantitative estimate of drug-likeness (QED) is 0.580. The Morgan fingerprint density at radius 1 is 1.57 bits per heavy atom. The topological polar surface area (TPSA) is 0 Å². The molecule has 0 aromatic carbocycles. The first-order valence-electron chi connectivity index (χ1n) is 1.21. The molecule has 0 saturated carbocycles. The Bertz CT molecular complexity index is 31.1. The molecular formula is C5H10UV-2. The third-order valence-electron chi connectivity index (χ3n) is 0. The van der Waals surface area contributed by atoms with Crippen molar-refractivity contribution in [1.82, 2.24) is 0 Å². The molecule has 0 aromatic rings. The first-order valence-corrected chi connectivity index (χ1v) is 1.21. The van der Waals surface area contributed by atoms with Crippen LogP contribution in [0.2, 0.25) is 0 Å². The Morgan fingerprint density at radius 2 is 1.57 bits per heavy atom. The fourth-order valence-corrected chi connectivity index (χ4v) is 0. The van der Waals surface area contributed by atoms with Gasteiger partial charge in [0.2, 0.25) is 0 Å². The molecule has 1 radical (unpaired) electrons. The van der Waals surface area contributed by atoms with Crippen LogP contribution in [0.1, 0.15) is 6.92 Å². The van der Waals surface area contributed by atoms with Gasteiger partial charge in [-0.05, 0) is 0 Å². The van der Waals surface area contributed by atoms with Crippen molar-refractivity contribution in [1.29, 1.82) is 0 Å². The van der Waals surface area contributed by atoms with E-state index in [1.54, 1.807) is 0 Å². The predicted molar refractivity (Wildman–Crippen MR) is 26.6 cm³/mol. The molecule has 0 aliphatic carbocycles. The fourth-order valence-electron chi connectivity index (χ4n) is 0. The Morgan fingerprint density at radius 3 is 1.57 bits per heavy atom. The maximum atomic E-state index is 3.44. The van der Waals surface area contributed by atoms with Crippen LogP contribution in [0, 0.1) is 45.5 Å². The van der Waals surface area contributed by atoms with Crippen LogP contribution >= 0.6 is 0 Å². The Hall–Kier alpha value is 1.25. The molecule has 0 saturated heterocycles. The van der Waals surface area contributed by atoms with Gasteiger partial charge in [0.05, 0.1) is 0 Å². The second kappa shape index (κ2) is 15.7. The van der Waals surface area contributed by atoms with E-state index in [2.05, 4.69) is 13.5 Å². The van der Waals surface area contributed by atoms with Crippen LogP contribution in [-0.2, 0) is 18.6 Å². The average Bonchev–Trinajstić information content (AvgIpc) is 0.811. The summed E-state index contributed by atoms with van der Waals surface area (Å²) in [5.41, 5.74) is 0.917. The number of allylic oxidation sites excluding steroid dienone is 1. The summed E-state index contributed by atoms with van der Waals surface area (Å²) in [7, 11) is 0.